The molecule has 0 aliphatic rings. The molecular formula is C31H37Cl2N3O4S. The molecular weight excluding hydrogens is 581 g/mol. The lowest BCUT2D eigenvalue weighted by molar-refractivity contribution is -0.141. The van der Waals surface area contributed by atoms with Crippen molar-refractivity contribution >= 4 is 50.7 Å². The maximum atomic E-state index is 14.2. The van der Waals surface area contributed by atoms with Crippen LogP contribution < -0.4 is 9.62 Å². The molecule has 1 unspecified atom stereocenters. The molecule has 2 amide bonds. The van der Waals surface area contributed by atoms with Gasteiger partial charge in [0.05, 0.1) is 10.6 Å². The van der Waals surface area contributed by atoms with Gasteiger partial charge in [-0.15, -0.1) is 0 Å². The predicted molar refractivity (Wildman–Crippen MR) is 166 cm³/mol. The molecule has 1 N–H and O–H groups in total. The van der Waals surface area contributed by atoms with Crippen LogP contribution in [0.1, 0.15) is 50.8 Å². The van der Waals surface area contributed by atoms with Crippen LogP contribution in [-0.2, 0) is 26.2 Å². The standard InChI is InChI=1S/C31H37Cl2N3O4S/c1-7-27(30(38)34-31(4,5)6)35(19-23-11-14-24(32)15-12-23)29(37)20-36(28-18-25(33)13-10-22(28)3)41(39,40)26-16-8-21(2)9-17-26/h8-18,27H,7,19-20H2,1-6H3,(H,34,38). The van der Waals surface area contributed by atoms with Gasteiger partial charge in [0.25, 0.3) is 10.0 Å². The highest BCUT2D eigenvalue weighted by Gasteiger charge is 2.35. The minimum atomic E-state index is -4.19. The second kappa shape index (κ2) is 13.3. The number of hydrogen-bond acceptors (Lipinski definition) is 4. The number of hydrogen-bond donors (Lipinski definition) is 1. The van der Waals surface area contributed by atoms with Crippen LogP contribution in [0.3, 0.4) is 0 Å². The second-order valence-electron chi connectivity index (χ2n) is 11.1. The number of carbonyl (C=O) groups excluding carboxylic acids is 2. The van der Waals surface area contributed by atoms with Crippen molar-refractivity contribution < 1.29 is 18.0 Å². The van der Waals surface area contributed by atoms with Gasteiger partial charge < -0.3 is 10.2 Å². The fourth-order valence-electron chi connectivity index (χ4n) is 4.36. The zero-order valence-electron chi connectivity index (χ0n) is 24.2. The molecule has 0 fully saturated rings. The van der Waals surface area contributed by atoms with Crippen molar-refractivity contribution in [2.45, 2.75) is 71.0 Å². The maximum Gasteiger partial charge on any atom is 0.264 e. The molecule has 0 aliphatic heterocycles. The summed E-state index contributed by atoms with van der Waals surface area (Å²) in [6.07, 6.45) is 0.322. The van der Waals surface area contributed by atoms with E-state index in [4.69, 9.17) is 23.2 Å². The Morgan fingerprint density at radius 3 is 2.05 bits per heavy atom. The maximum absolute atomic E-state index is 14.2. The molecule has 0 saturated carbocycles. The molecule has 41 heavy (non-hydrogen) atoms. The summed E-state index contributed by atoms with van der Waals surface area (Å²) < 4.78 is 29.2. The molecule has 10 heteroatoms. The van der Waals surface area contributed by atoms with Gasteiger partial charge in [0.1, 0.15) is 12.6 Å². The molecule has 3 aromatic rings. The van der Waals surface area contributed by atoms with Crippen molar-refractivity contribution in [3.8, 4) is 0 Å². The summed E-state index contributed by atoms with van der Waals surface area (Å²) in [4.78, 5) is 29.1. The third-order valence-corrected chi connectivity index (χ3v) is 8.74. The van der Waals surface area contributed by atoms with Crippen LogP contribution in [-0.4, -0.2) is 43.3 Å². The highest BCUT2D eigenvalue weighted by Crippen LogP contribution is 2.30. The number of nitrogens with zero attached hydrogens (tertiary/aromatic N) is 2. The monoisotopic (exact) mass is 617 g/mol. The van der Waals surface area contributed by atoms with Crippen LogP contribution in [0.25, 0.3) is 0 Å². The Balaban J connectivity index is 2.11. The molecule has 0 spiro atoms. The van der Waals surface area contributed by atoms with Gasteiger partial charge in [-0.05, 0) is 88.6 Å². The first-order valence-corrected chi connectivity index (χ1v) is 15.5. The quantitative estimate of drug-likeness (QED) is 0.280. The summed E-state index contributed by atoms with van der Waals surface area (Å²) in [7, 11) is -4.19. The normalized spacial score (nSPS) is 12.5. The molecule has 220 valence electrons. The third-order valence-electron chi connectivity index (χ3n) is 6.48. The highest BCUT2D eigenvalue weighted by molar-refractivity contribution is 7.92. The van der Waals surface area contributed by atoms with Gasteiger partial charge in [0.15, 0.2) is 0 Å². The lowest BCUT2D eigenvalue weighted by atomic mass is 10.1. The van der Waals surface area contributed by atoms with Crippen LogP contribution in [0.4, 0.5) is 5.69 Å². The van der Waals surface area contributed by atoms with Gasteiger partial charge in [-0.2, -0.15) is 0 Å². The second-order valence-corrected chi connectivity index (χ2v) is 13.8. The van der Waals surface area contributed by atoms with Crippen molar-refractivity contribution in [2.24, 2.45) is 0 Å². The van der Waals surface area contributed by atoms with Crippen molar-refractivity contribution in [2.75, 3.05) is 10.8 Å². The molecule has 0 saturated heterocycles. The van der Waals surface area contributed by atoms with Crippen molar-refractivity contribution in [3.05, 3.63) is 93.5 Å². The highest BCUT2D eigenvalue weighted by atomic mass is 35.5. The van der Waals surface area contributed by atoms with Crippen molar-refractivity contribution in [1.29, 1.82) is 0 Å². The van der Waals surface area contributed by atoms with Crippen LogP contribution in [0.2, 0.25) is 10.0 Å². The first-order chi connectivity index (χ1) is 19.1. The first-order valence-electron chi connectivity index (χ1n) is 13.3. The summed E-state index contributed by atoms with van der Waals surface area (Å²) in [6, 6.07) is 17.5. The van der Waals surface area contributed by atoms with E-state index < -0.39 is 34.1 Å². The summed E-state index contributed by atoms with van der Waals surface area (Å²) in [5.41, 5.74) is 2.02. The van der Waals surface area contributed by atoms with E-state index in [9.17, 15) is 18.0 Å². The van der Waals surface area contributed by atoms with Gasteiger partial charge in [0, 0.05) is 22.1 Å². The van der Waals surface area contributed by atoms with E-state index in [0.717, 1.165) is 15.4 Å². The van der Waals surface area contributed by atoms with Gasteiger partial charge in [0.2, 0.25) is 11.8 Å². The number of rotatable bonds is 10. The summed E-state index contributed by atoms with van der Waals surface area (Å²) >= 11 is 12.4. The Morgan fingerprint density at radius 1 is 0.902 bits per heavy atom. The number of aryl methyl sites for hydroxylation is 2. The largest absolute Gasteiger partial charge is 0.350 e. The summed E-state index contributed by atoms with van der Waals surface area (Å²) in [6.45, 7) is 10.6. The van der Waals surface area contributed by atoms with E-state index >= 15 is 0 Å². The number of amides is 2. The first kappa shape index (κ1) is 32.4. The number of benzene rings is 3. The van der Waals surface area contributed by atoms with Gasteiger partial charge in [-0.3, -0.25) is 13.9 Å². The molecule has 7 nitrogen and oxygen atoms in total. The lowest BCUT2D eigenvalue weighted by Crippen LogP contribution is -2.55. The number of anilines is 1. The average molecular weight is 619 g/mol. The molecule has 0 bridgehead atoms. The van der Waals surface area contributed by atoms with Crippen molar-refractivity contribution in [3.63, 3.8) is 0 Å². The van der Waals surface area contributed by atoms with Crippen LogP contribution >= 0.6 is 23.2 Å². The molecule has 0 aromatic heterocycles. The van der Waals surface area contributed by atoms with E-state index in [1.807, 2.05) is 34.6 Å². The summed E-state index contributed by atoms with van der Waals surface area (Å²) in [5, 5.41) is 3.83. The molecule has 1 atom stereocenters. The predicted octanol–water partition coefficient (Wildman–Crippen LogP) is 6.53. The lowest BCUT2D eigenvalue weighted by Gasteiger charge is -2.35. The van der Waals surface area contributed by atoms with Crippen LogP contribution in [0.5, 0.6) is 0 Å². The van der Waals surface area contributed by atoms with Gasteiger partial charge in [-0.25, -0.2) is 8.42 Å². The van der Waals surface area contributed by atoms with Crippen molar-refractivity contribution in [1.82, 2.24) is 10.2 Å². The smallest absolute Gasteiger partial charge is 0.264 e. The molecule has 0 aliphatic carbocycles. The van der Waals surface area contributed by atoms with E-state index in [-0.39, 0.29) is 23.0 Å². The fraction of sp³-hybridized carbons (Fsp3) is 0.355. The zero-order chi connectivity index (χ0) is 30.5. The van der Waals surface area contributed by atoms with E-state index in [0.29, 0.717) is 22.0 Å². The third kappa shape index (κ3) is 8.47. The van der Waals surface area contributed by atoms with Crippen LogP contribution in [0, 0.1) is 13.8 Å². The minimum Gasteiger partial charge on any atom is -0.350 e. The molecule has 0 heterocycles. The Labute approximate surface area is 253 Å². The fourth-order valence-corrected chi connectivity index (χ4v) is 6.12. The van der Waals surface area contributed by atoms with E-state index in [2.05, 4.69) is 5.32 Å². The number of sulfonamides is 1. The topological polar surface area (TPSA) is 86.8 Å². The Kier molecular flexibility index (Phi) is 10.5. The molecule has 0 radical (unpaired) electrons. The molecule has 3 rings (SSSR count). The van der Waals surface area contributed by atoms with Crippen LogP contribution in [0.15, 0.2) is 71.6 Å². The Bertz CT molecular complexity index is 1490. The average Bonchev–Trinajstić information content (AvgIpc) is 2.89. The Morgan fingerprint density at radius 2 is 1.49 bits per heavy atom. The van der Waals surface area contributed by atoms with Gasteiger partial charge in [-0.1, -0.05) is 66.0 Å². The minimum absolute atomic E-state index is 0.0389. The Hall–Kier alpha value is -3.07. The van der Waals surface area contributed by atoms with E-state index in [1.54, 1.807) is 55.5 Å². The van der Waals surface area contributed by atoms with E-state index in [1.165, 1.54) is 23.1 Å². The number of nitrogens with one attached hydrogen (secondary N) is 1. The van der Waals surface area contributed by atoms with Gasteiger partial charge >= 0.3 is 0 Å². The molecule has 3 aromatic carbocycles. The zero-order valence-corrected chi connectivity index (χ0v) is 26.6. The SMILES string of the molecule is CCC(C(=O)NC(C)(C)C)N(Cc1ccc(Cl)cc1)C(=O)CN(c1cc(Cl)ccc1C)S(=O)(=O)c1ccc(C)cc1. The number of carbonyl (C=O) groups is 2. The number of halogens is 2. The summed E-state index contributed by atoms with van der Waals surface area (Å²) in [5.74, 6) is -0.861.